The van der Waals surface area contributed by atoms with Gasteiger partial charge in [0, 0.05) is 41.1 Å². The molecule has 4 N–H and O–H groups in total. The lowest BCUT2D eigenvalue weighted by Gasteiger charge is -2.22. The molecule has 2 aromatic carbocycles. The molecule has 1 atom stereocenters. The maximum Gasteiger partial charge on any atom is 0.352 e. The van der Waals surface area contributed by atoms with Gasteiger partial charge in [-0.25, -0.2) is 9.18 Å². The van der Waals surface area contributed by atoms with Gasteiger partial charge in [-0.2, -0.15) is 0 Å². The molecule has 1 aliphatic heterocycles. The molecular weight excluding hydrogens is 429 g/mol. The topological polar surface area (TPSA) is 123 Å². The van der Waals surface area contributed by atoms with Crippen LogP contribution in [0.5, 0.6) is 0 Å². The molecule has 3 aromatic rings. The molecule has 1 aliphatic rings. The first-order chi connectivity index (χ1) is 14.7. The van der Waals surface area contributed by atoms with E-state index in [0.29, 0.717) is 22.2 Å². The van der Waals surface area contributed by atoms with Gasteiger partial charge >= 0.3 is 5.97 Å². The molecule has 1 saturated heterocycles. The number of fused-ring (bicyclic) bond motifs is 1. The van der Waals surface area contributed by atoms with E-state index in [-0.39, 0.29) is 30.2 Å². The van der Waals surface area contributed by atoms with E-state index in [9.17, 15) is 23.9 Å². The van der Waals surface area contributed by atoms with Crippen molar-refractivity contribution < 1.29 is 29.0 Å². The molecule has 0 spiro atoms. The summed E-state index contributed by atoms with van der Waals surface area (Å²) in [6.07, 6.45) is -0.132. The van der Waals surface area contributed by atoms with Gasteiger partial charge in [-0.15, -0.1) is 0 Å². The smallest absolute Gasteiger partial charge is 0.352 e. The second-order valence-corrected chi connectivity index (χ2v) is 7.72. The van der Waals surface area contributed by atoms with Gasteiger partial charge in [0.05, 0.1) is 0 Å². The van der Waals surface area contributed by atoms with Gasteiger partial charge < -0.3 is 25.4 Å². The second-order valence-electron chi connectivity index (χ2n) is 7.29. The molecule has 0 saturated carbocycles. The fraction of sp³-hybridized carbons (Fsp3) is 0.190. The van der Waals surface area contributed by atoms with E-state index in [0.717, 1.165) is 6.07 Å². The lowest BCUT2D eigenvalue weighted by Crippen LogP contribution is -2.52. The van der Waals surface area contributed by atoms with Gasteiger partial charge in [-0.05, 0) is 48.0 Å². The number of aromatic carboxylic acids is 1. The van der Waals surface area contributed by atoms with Crippen molar-refractivity contribution in [2.75, 3.05) is 11.4 Å². The molecule has 31 heavy (non-hydrogen) atoms. The van der Waals surface area contributed by atoms with Crippen LogP contribution in [0.2, 0.25) is 5.02 Å². The third kappa shape index (κ3) is 3.85. The van der Waals surface area contributed by atoms with Crippen LogP contribution in [0.25, 0.3) is 10.9 Å². The van der Waals surface area contributed by atoms with Crippen molar-refractivity contribution >= 4 is 46.0 Å². The van der Waals surface area contributed by atoms with Crippen molar-refractivity contribution in [1.82, 2.24) is 10.3 Å². The number of anilines is 1. The first-order valence-electron chi connectivity index (χ1n) is 9.31. The Bertz CT molecular complexity index is 1210. The Balaban J connectivity index is 1.51. The maximum absolute atomic E-state index is 13.4. The second kappa shape index (κ2) is 7.68. The molecule has 1 fully saturated rings. The van der Waals surface area contributed by atoms with E-state index in [1.165, 1.54) is 23.1 Å². The van der Waals surface area contributed by atoms with Crippen LogP contribution in [0, 0.1) is 5.82 Å². The number of carbonyl (C=O) groups is 3. The van der Waals surface area contributed by atoms with Gasteiger partial charge in [0.2, 0.25) is 5.60 Å². The Hall–Kier alpha value is -3.43. The predicted molar refractivity (Wildman–Crippen MR) is 110 cm³/mol. The van der Waals surface area contributed by atoms with Crippen LogP contribution < -0.4 is 10.2 Å². The van der Waals surface area contributed by atoms with Crippen LogP contribution in [0.4, 0.5) is 10.1 Å². The number of carbonyl (C=O) groups excluding carboxylic acids is 2. The first kappa shape index (κ1) is 20.8. The molecule has 2 heterocycles. The van der Waals surface area contributed by atoms with E-state index in [2.05, 4.69) is 10.3 Å². The number of hydrogen-bond donors (Lipinski definition) is 4. The average molecular weight is 446 g/mol. The summed E-state index contributed by atoms with van der Waals surface area (Å²) in [5, 5.41) is 23.0. The molecule has 160 valence electrons. The van der Waals surface area contributed by atoms with Crippen LogP contribution in [0.1, 0.15) is 22.5 Å². The van der Waals surface area contributed by atoms with Crippen LogP contribution in [0.15, 0.2) is 42.5 Å². The molecule has 0 aliphatic carbocycles. The lowest BCUT2D eigenvalue weighted by molar-refractivity contribution is -0.149. The maximum atomic E-state index is 13.4. The monoisotopic (exact) mass is 445 g/mol. The van der Waals surface area contributed by atoms with Gasteiger partial charge in [-0.1, -0.05) is 11.6 Å². The Labute approximate surface area is 180 Å². The molecule has 4 rings (SSSR count). The number of aliphatic hydroxyl groups is 1. The summed E-state index contributed by atoms with van der Waals surface area (Å²) in [4.78, 5) is 40.6. The largest absolute Gasteiger partial charge is 0.477 e. The van der Waals surface area contributed by atoms with Crippen LogP contribution >= 0.6 is 11.6 Å². The van der Waals surface area contributed by atoms with Gasteiger partial charge in [0.1, 0.15) is 11.5 Å². The number of carboxylic acids is 1. The zero-order valence-corrected chi connectivity index (χ0v) is 16.7. The van der Waals surface area contributed by atoms with Gasteiger partial charge in [0.25, 0.3) is 11.8 Å². The predicted octanol–water partition coefficient (Wildman–Crippen LogP) is 2.44. The lowest BCUT2D eigenvalue weighted by atomic mass is 10.0. The van der Waals surface area contributed by atoms with Crippen molar-refractivity contribution in [3.63, 3.8) is 0 Å². The number of aromatic nitrogens is 1. The van der Waals surface area contributed by atoms with Crippen LogP contribution in [0.3, 0.4) is 0 Å². The molecular formula is C21H17ClFN3O5. The minimum Gasteiger partial charge on any atom is -0.477 e. The number of H-pyrrole nitrogens is 1. The highest BCUT2D eigenvalue weighted by Crippen LogP contribution is 2.31. The Morgan fingerprint density at radius 1 is 1.23 bits per heavy atom. The Morgan fingerprint density at radius 2 is 2.00 bits per heavy atom. The van der Waals surface area contributed by atoms with E-state index in [1.807, 2.05) is 0 Å². The van der Waals surface area contributed by atoms with Crippen molar-refractivity contribution in [2.24, 2.45) is 0 Å². The molecule has 10 heteroatoms. The molecule has 0 radical (unpaired) electrons. The van der Waals surface area contributed by atoms with Crippen LogP contribution in [-0.4, -0.2) is 45.1 Å². The number of nitrogens with one attached hydrogen (secondary N) is 2. The molecule has 0 unspecified atom stereocenters. The summed E-state index contributed by atoms with van der Waals surface area (Å²) in [5.41, 5.74) is -0.871. The summed E-state index contributed by atoms with van der Waals surface area (Å²) in [7, 11) is 0. The molecule has 2 amide bonds. The summed E-state index contributed by atoms with van der Waals surface area (Å²) >= 11 is 5.79. The number of hydrogen-bond acceptors (Lipinski definition) is 4. The zero-order chi connectivity index (χ0) is 22.3. The number of amides is 2. The fourth-order valence-electron chi connectivity index (χ4n) is 3.61. The number of nitrogens with zero attached hydrogens (tertiary/aromatic N) is 1. The van der Waals surface area contributed by atoms with E-state index in [1.54, 1.807) is 18.2 Å². The Kier molecular flexibility index (Phi) is 5.16. The highest BCUT2D eigenvalue weighted by Gasteiger charge is 2.51. The standard InChI is InChI=1S/C21H17ClFN3O5/c22-13-5-11(6-14(23)9-13)10-24-19(29)21(31)3-4-26(20(21)30)15-1-2-16-12(7-15)8-17(25-16)18(27)28/h1-2,5-9,25,31H,3-4,10H2,(H,24,29)(H,27,28)/t21-/m1/s1. The SMILES string of the molecule is O=C(O)c1cc2cc(N3CC[C@@](O)(C(=O)NCc4cc(F)cc(Cl)c4)C3=O)ccc2[nH]1. The summed E-state index contributed by atoms with van der Waals surface area (Å²) in [6, 6.07) is 10.0. The minimum atomic E-state index is -2.27. The molecule has 0 bridgehead atoms. The summed E-state index contributed by atoms with van der Waals surface area (Å²) in [5.74, 6) is -3.36. The highest BCUT2D eigenvalue weighted by atomic mass is 35.5. The Morgan fingerprint density at radius 3 is 2.71 bits per heavy atom. The average Bonchev–Trinajstić information content (AvgIpc) is 3.27. The first-order valence-corrected chi connectivity index (χ1v) is 9.69. The third-order valence-electron chi connectivity index (χ3n) is 5.19. The number of benzene rings is 2. The van der Waals surface area contributed by atoms with E-state index >= 15 is 0 Å². The number of halogens is 2. The third-order valence-corrected chi connectivity index (χ3v) is 5.41. The highest BCUT2D eigenvalue weighted by molar-refractivity contribution is 6.30. The molecule has 8 nitrogen and oxygen atoms in total. The van der Waals surface area contributed by atoms with Crippen LogP contribution in [-0.2, 0) is 16.1 Å². The van der Waals surface area contributed by atoms with E-state index < -0.39 is 29.2 Å². The van der Waals surface area contributed by atoms with Crippen molar-refractivity contribution in [3.8, 4) is 0 Å². The normalized spacial score (nSPS) is 18.5. The number of rotatable bonds is 5. The quantitative estimate of drug-likeness (QED) is 0.449. The molecule has 1 aromatic heterocycles. The van der Waals surface area contributed by atoms with Crippen molar-refractivity contribution in [3.05, 3.63) is 64.6 Å². The van der Waals surface area contributed by atoms with Gasteiger partial charge in [-0.3, -0.25) is 9.59 Å². The number of carboxylic acid groups (broad SMARTS) is 1. The van der Waals surface area contributed by atoms with Crippen molar-refractivity contribution in [1.29, 1.82) is 0 Å². The van der Waals surface area contributed by atoms with Crippen molar-refractivity contribution in [2.45, 2.75) is 18.6 Å². The van der Waals surface area contributed by atoms with Gasteiger partial charge in [0.15, 0.2) is 0 Å². The van der Waals surface area contributed by atoms with E-state index in [4.69, 9.17) is 16.7 Å². The zero-order valence-electron chi connectivity index (χ0n) is 16.0. The minimum absolute atomic E-state index is 0.00762. The number of aromatic amines is 1. The fourth-order valence-corrected chi connectivity index (χ4v) is 3.85. The summed E-state index contributed by atoms with van der Waals surface area (Å²) < 4.78 is 13.4. The summed E-state index contributed by atoms with van der Waals surface area (Å²) in [6.45, 7) is -0.0184.